The molecule has 0 aromatic heterocycles. The van der Waals surface area contributed by atoms with E-state index in [1.54, 1.807) is 0 Å². The molecule has 2 fully saturated rings. The van der Waals surface area contributed by atoms with Crippen LogP contribution in [0.4, 0.5) is 0 Å². The summed E-state index contributed by atoms with van der Waals surface area (Å²) in [5, 5.41) is 0. The van der Waals surface area contributed by atoms with E-state index in [1.807, 2.05) is 0 Å². The molecule has 0 radical (unpaired) electrons. The van der Waals surface area contributed by atoms with Crippen molar-refractivity contribution in [2.75, 3.05) is 26.2 Å². The Bertz CT molecular complexity index is 278. The van der Waals surface area contributed by atoms with Gasteiger partial charge in [-0.25, -0.2) is 0 Å². The van der Waals surface area contributed by atoms with Gasteiger partial charge in [-0.05, 0) is 50.1 Å². The lowest BCUT2D eigenvalue weighted by atomic mass is 9.75. The smallest absolute Gasteiger partial charge is 0.0350 e. The quantitative estimate of drug-likeness (QED) is 0.772. The van der Waals surface area contributed by atoms with Crippen molar-refractivity contribution < 1.29 is 0 Å². The van der Waals surface area contributed by atoms with Crippen LogP contribution in [0.2, 0.25) is 0 Å². The average Bonchev–Trinajstić information content (AvgIpc) is 2.26. The third-order valence-electron chi connectivity index (χ3n) is 5.70. The second kappa shape index (κ2) is 5.73. The normalized spacial score (nSPS) is 26.7. The number of likely N-dealkylation sites (tertiary alicyclic amines) is 2. The fourth-order valence-electron chi connectivity index (χ4n) is 3.60. The summed E-state index contributed by atoms with van der Waals surface area (Å²) in [4.78, 5) is 5.41. The van der Waals surface area contributed by atoms with Crippen molar-refractivity contribution >= 4 is 0 Å². The van der Waals surface area contributed by atoms with Gasteiger partial charge in [-0.2, -0.15) is 0 Å². The van der Waals surface area contributed by atoms with Crippen LogP contribution in [-0.4, -0.2) is 48.1 Å². The first kappa shape index (κ1) is 15.3. The molecule has 0 N–H and O–H groups in total. The predicted molar refractivity (Wildman–Crippen MR) is 83.4 cm³/mol. The highest BCUT2D eigenvalue weighted by atomic mass is 15.3. The van der Waals surface area contributed by atoms with Gasteiger partial charge in [-0.15, -0.1) is 0 Å². The first-order chi connectivity index (χ1) is 8.79. The summed E-state index contributed by atoms with van der Waals surface area (Å²) in [7, 11) is 0. The summed E-state index contributed by atoms with van der Waals surface area (Å²) >= 11 is 0. The molecule has 2 aliphatic rings. The van der Waals surface area contributed by atoms with Crippen molar-refractivity contribution in [3.8, 4) is 0 Å². The van der Waals surface area contributed by atoms with E-state index in [4.69, 9.17) is 0 Å². The number of hydrogen-bond donors (Lipinski definition) is 0. The maximum Gasteiger partial charge on any atom is 0.0350 e. The zero-order valence-corrected chi connectivity index (χ0v) is 13.9. The number of nitrogens with zero attached hydrogens (tertiary/aromatic N) is 2. The lowest BCUT2D eigenvalue weighted by molar-refractivity contribution is -0.0241. The molecule has 0 aliphatic carbocycles. The van der Waals surface area contributed by atoms with Crippen molar-refractivity contribution in [2.45, 2.75) is 66.5 Å². The summed E-state index contributed by atoms with van der Waals surface area (Å²) in [5.41, 5.74) is 0.504. The first-order valence-electron chi connectivity index (χ1n) is 8.27. The molecule has 2 rings (SSSR count). The fraction of sp³-hybridized carbons (Fsp3) is 1.00. The molecular formula is C17H34N2. The van der Waals surface area contributed by atoms with Crippen LogP contribution in [-0.2, 0) is 0 Å². The maximum atomic E-state index is 2.76. The molecule has 2 saturated heterocycles. The molecule has 2 heteroatoms. The van der Waals surface area contributed by atoms with Crippen LogP contribution in [0.25, 0.3) is 0 Å². The van der Waals surface area contributed by atoms with Gasteiger partial charge in [0.05, 0.1) is 0 Å². The fourth-order valence-corrected chi connectivity index (χ4v) is 3.60. The van der Waals surface area contributed by atoms with Crippen LogP contribution >= 0.6 is 0 Å². The highest BCUT2D eigenvalue weighted by molar-refractivity contribution is 4.93. The zero-order valence-electron chi connectivity index (χ0n) is 13.9. The van der Waals surface area contributed by atoms with E-state index >= 15 is 0 Å². The molecule has 1 unspecified atom stereocenters. The van der Waals surface area contributed by atoms with Crippen LogP contribution in [0.15, 0.2) is 0 Å². The summed E-state index contributed by atoms with van der Waals surface area (Å²) in [6.45, 7) is 19.5. The standard InChI is InChI=1S/C17H34N2/c1-13(2)14(3)19-11-16(12-19)18-9-7-15(8-10-18)17(4,5)6/h13-16H,7-12H2,1-6H3. The van der Waals surface area contributed by atoms with Crippen LogP contribution in [0.1, 0.15) is 54.4 Å². The molecule has 0 amide bonds. The van der Waals surface area contributed by atoms with Crippen LogP contribution in [0.5, 0.6) is 0 Å². The van der Waals surface area contributed by atoms with Crippen LogP contribution in [0, 0.1) is 17.3 Å². The molecule has 0 spiro atoms. The Labute approximate surface area is 120 Å². The average molecular weight is 266 g/mol. The lowest BCUT2D eigenvalue weighted by Gasteiger charge is -2.51. The molecule has 0 saturated carbocycles. The Morgan fingerprint density at radius 3 is 1.89 bits per heavy atom. The third-order valence-corrected chi connectivity index (χ3v) is 5.70. The van der Waals surface area contributed by atoms with Crippen molar-refractivity contribution in [1.29, 1.82) is 0 Å². The van der Waals surface area contributed by atoms with Crippen molar-refractivity contribution in [2.24, 2.45) is 17.3 Å². The molecule has 2 aliphatic heterocycles. The Morgan fingerprint density at radius 1 is 0.947 bits per heavy atom. The molecule has 0 aromatic carbocycles. The van der Waals surface area contributed by atoms with Gasteiger partial charge in [0.1, 0.15) is 0 Å². The molecular weight excluding hydrogens is 232 g/mol. The zero-order chi connectivity index (χ0) is 14.2. The number of piperidine rings is 1. The molecule has 2 nitrogen and oxygen atoms in total. The maximum absolute atomic E-state index is 2.76. The molecule has 0 bridgehead atoms. The van der Waals surface area contributed by atoms with Crippen LogP contribution < -0.4 is 0 Å². The van der Waals surface area contributed by atoms with Gasteiger partial charge in [0.2, 0.25) is 0 Å². The summed E-state index contributed by atoms with van der Waals surface area (Å²) < 4.78 is 0. The van der Waals surface area contributed by atoms with E-state index in [1.165, 1.54) is 39.0 Å². The SMILES string of the molecule is CC(C)C(C)N1CC(N2CCC(C(C)(C)C)CC2)C1. The topological polar surface area (TPSA) is 6.48 Å². The Hall–Kier alpha value is -0.0800. The molecule has 19 heavy (non-hydrogen) atoms. The Kier molecular flexibility index (Phi) is 4.62. The Balaban J connectivity index is 1.73. The van der Waals surface area contributed by atoms with E-state index in [9.17, 15) is 0 Å². The summed E-state index contributed by atoms with van der Waals surface area (Å²) in [6, 6.07) is 1.60. The van der Waals surface area contributed by atoms with Crippen molar-refractivity contribution in [3.63, 3.8) is 0 Å². The van der Waals surface area contributed by atoms with Gasteiger partial charge >= 0.3 is 0 Å². The van der Waals surface area contributed by atoms with Crippen molar-refractivity contribution in [1.82, 2.24) is 9.80 Å². The highest BCUT2D eigenvalue weighted by Crippen LogP contribution is 2.35. The van der Waals surface area contributed by atoms with Gasteiger partial charge < -0.3 is 0 Å². The predicted octanol–water partition coefficient (Wildman–Crippen LogP) is 3.47. The molecule has 2 heterocycles. The highest BCUT2D eigenvalue weighted by Gasteiger charge is 2.38. The molecule has 0 aromatic rings. The van der Waals surface area contributed by atoms with E-state index < -0.39 is 0 Å². The minimum Gasteiger partial charge on any atom is -0.298 e. The Morgan fingerprint density at radius 2 is 1.47 bits per heavy atom. The van der Waals surface area contributed by atoms with Gasteiger partial charge in [0.15, 0.2) is 0 Å². The lowest BCUT2D eigenvalue weighted by Crippen LogP contribution is -2.63. The van der Waals surface area contributed by atoms with E-state index in [2.05, 4.69) is 51.3 Å². The van der Waals surface area contributed by atoms with E-state index in [0.29, 0.717) is 5.41 Å². The number of rotatable bonds is 3. The second-order valence-electron chi connectivity index (χ2n) is 8.27. The number of hydrogen-bond acceptors (Lipinski definition) is 2. The summed E-state index contributed by atoms with van der Waals surface area (Å²) in [6.07, 6.45) is 2.81. The molecule has 1 atom stereocenters. The second-order valence-corrected chi connectivity index (χ2v) is 8.27. The van der Waals surface area contributed by atoms with Gasteiger partial charge in [-0.1, -0.05) is 34.6 Å². The van der Waals surface area contributed by atoms with E-state index in [-0.39, 0.29) is 0 Å². The minimum absolute atomic E-state index is 0.504. The third kappa shape index (κ3) is 3.52. The first-order valence-corrected chi connectivity index (χ1v) is 8.27. The monoisotopic (exact) mass is 266 g/mol. The van der Waals surface area contributed by atoms with Gasteiger partial charge in [0, 0.05) is 25.2 Å². The molecule has 112 valence electrons. The largest absolute Gasteiger partial charge is 0.298 e. The minimum atomic E-state index is 0.504. The van der Waals surface area contributed by atoms with Gasteiger partial charge in [0.25, 0.3) is 0 Å². The van der Waals surface area contributed by atoms with E-state index in [0.717, 1.165) is 23.9 Å². The summed E-state index contributed by atoms with van der Waals surface area (Å²) in [5.74, 6) is 1.71. The van der Waals surface area contributed by atoms with Crippen molar-refractivity contribution in [3.05, 3.63) is 0 Å². The van der Waals surface area contributed by atoms with Crippen LogP contribution in [0.3, 0.4) is 0 Å². The van der Waals surface area contributed by atoms with Gasteiger partial charge in [-0.3, -0.25) is 9.80 Å².